The molecule has 1 aromatic heterocycles. The topological polar surface area (TPSA) is 76.1 Å². The first-order valence-corrected chi connectivity index (χ1v) is 8.42. The van der Waals surface area contributed by atoms with Gasteiger partial charge in [0.2, 0.25) is 0 Å². The Balaban J connectivity index is 2.02. The summed E-state index contributed by atoms with van der Waals surface area (Å²) in [5.41, 5.74) is 1.87. The highest BCUT2D eigenvalue weighted by Crippen LogP contribution is 2.15. The van der Waals surface area contributed by atoms with Gasteiger partial charge in [0.05, 0.1) is 4.90 Å². The van der Waals surface area contributed by atoms with Crippen LogP contribution in [0.1, 0.15) is 21.7 Å². The summed E-state index contributed by atoms with van der Waals surface area (Å²) in [6.07, 6.45) is 0. The average molecular weight is 325 g/mol. The quantitative estimate of drug-likeness (QED) is 0.875. The first kappa shape index (κ1) is 15.5. The SMILES string of the molecule is Cc1cccc(C(=O)NCc2ccc(S(=O)(=O)Cl)cc2)n1. The zero-order valence-corrected chi connectivity index (χ0v) is 12.8. The van der Waals surface area contributed by atoms with Gasteiger partial charge in [-0.05, 0) is 36.8 Å². The molecule has 110 valence electrons. The molecule has 1 aromatic carbocycles. The van der Waals surface area contributed by atoms with Crippen LogP contribution < -0.4 is 5.32 Å². The summed E-state index contributed by atoms with van der Waals surface area (Å²) in [6, 6.07) is 11.2. The molecule has 2 rings (SSSR count). The van der Waals surface area contributed by atoms with Gasteiger partial charge >= 0.3 is 0 Å². The minimum absolute atomic E-state index is 0.0274. The van der Waals surface area contributed by atoms with E-state index < -0.39 is 9.05 Å². The number of halogens is 1. The molecule has 0 spiro atoms. The second kappa shape index (κ2) is 6.24. The third-order valence-electron chi connectivity index (χ3n) is 2.78. The first-order valence-electron chi connectivity index (χ1n) is 6.12. The fraction of sp³-hybridized carbons (Fsp3) is 0.143. The zero-order chi connectivity index (χ0) is 15.5. The van der Waals surface area contributed by atoms with Crippen LogP contribution in [0.3, 0.4) is 0 Å². The molecule has 0 aliphatic rings. The third-order valence-corrected chi connectivity index (χ3v) is 4.15. The maximum absolute atomic E-state index is 11.9. The number of hydrogen-bond acceptors (Lipinski definition) is 4. The van der Waals surface area contributed by atoms with E-state index in [1.807, 2.05) is 13.0 Å². The summed E-state index contributed by atoms with van der Waals surface area (Å²) in [5, 5.41) is 2.72. The molecule has 2 aromatic rings. The molecule has 5 nitrogen and oxygen atoms in total. The summed E-state index contributed by atoms with van der Waals surface area (Å²) in [5.74, 6) is -0.284. The van der Waals surface area contributed by atoms with Crippen molar-refractivity contribution in [3.05, 3.63) is 59.4 Å². The van der Waals surface area contributed by atoms with Crippen LogP contribution in [0.5, 0.6) is 0 Å². The first-order chi connectivity index (χ1) is 9.86. The number of pyridine rings is 1. The van der Waals surface area contributed by atoms with Gasteiger partial charge in [0.15, 0.2) is 0 Å². The van der Waals surface area contributed by atoms with E-state index in [1.165, 1.54) is 12.1 Å². The predicted octanol–water partition coefficient (Wildman–Crippen LogP) is 2.25. The van der Waals surface area contributed by atoms with Crippen molar-refractivity contribution in [2.24, 2.45) is 0 Å². The lowest BCUT2D eigenvalue weighted by molar-refractivity contribution is 0.0945. The Kier molecular flexibility index (Phi) is 4.59. The summed E-state index contributed by atoms with van der Waals surface area (Å²) >= 11 is 0. The van der Waals surface area contributed by atoms with Gasteiger partial charge in [0.1, 0.15) is 5.69 Å². The number of aromatic nitrogens is 1. The molecule has 21 heavy (non-hydrogen) atoms. The van der Waals surface area contributed by atoms with E-state index in [1.54, 1.807) is 24.3 Å². The fourth-order valence-electron chi connectivity index (χ4n) is 1.71. The fourth-order valence-corrected chi connectivity index (χ4v) is 2.48. The molecular weight excluding hydrogens is 312 g/mol. The molecule has 0 radical (unpaired) electrons. The number of benzene rings is 1. The van der Waals surface area contributed by atoms with E-state index in [0.29, 0.717) is 5.69 Å². The molecule has 1 N–H and O–H groups in total. The van der Waals surface area contributed by atoms with Gasteiger partial charge in [-0.1, -0.05) is 18.2 Å². The van der Waals surface area contributed by atoms with E-state index in [-0.39, 0.29) is 17.3 Å². The van der Waals surface area contributed by atoms with Crippen LogP contribution in [0.15, 0.2) is 47.4 Å². The molecule has 0 atom stereocenters. The lowest BCUT2D eigenvalue weighted by Gasteiger charge is -2.06. The van der Waals surface area contributed by atoms with Gasteiger partial charge in [-0.15, -0.1) is 0 Å². The van der Waals surface area contributed by atoms with Crippen LogP contribution >= 0.6 is 10.7 Å². The third kappa shape index (κ3) is 4.27. The highest BCUT2D eigenvalue weighted by molar-refractivity contribution is 8.13. The Labute approximate surface area is 127 Å². The van der Waals surface area contributed by atoms with Gasteiger partial charge in [-0.25, -0.2) is 13.4 Å². The smallest absolute Gasteiger partial charge is 0.270 e. The lowest BCUT2D eigenvalue weighted by atomic mass is 10.2. The number of carbonyl (C=O) groups excluding carboxylic acids is 1. The molecule has 0 bridgehead atoms. The normalized spacial score (nSPS) is 11.1. The molecule has 0 aliphatic heterocycles. The highest BCUT2D eigenvalue weighted by Gasteiger charge is 2.10. The highest BCUT2D eigenvalue weighted by atomic mass is 35.7. The van der Waals surface area contributed by atoms with Crippen molar-refractivity contribution in [3.63, 3.8) is 0 Å². The number of aryl methyl sites for hydroxylation is 1. The van der Waals surface area contributed by atoms with E-state index >= 15 is 0 Å². The van der Waals surface area contributed by atoms with Gasteiger partial charge in [-0.3, -0.25) is 4.79 Å². The maximum Gasteiger partial charge on any atom is 0.270 e. The molecule has 0 saturated carbocycles. The van der Waals surface area contributed by atoms with Gasteiger partial charge in [0.25, 0.3) is 15.0 Å². The Morgan fingerprint density at radius 2 is 1.86 bits per heavy atom. The molecule has 0 aliphatic carbocycles. The standard InChI is InChI=1S/C14H13ClN2O3S/c1-10-3-2-4-13(17-10)14(18)16-9-11-5-7-12(8-6-11)21(15,19)20/h2-8H,9H2,1H3,(H,16,18). The number of carbonyl (C=O) groups is 1. The Morgan fingerprint density at radius 3 is 2.43 bits per heavy atom. The van der Waals surface area contributed by atoms with Crippen molar-refractivity contribution in [3.8, 4) is 0 Å². The van der Waals surface area contributed by atoms with Crippen molar-refractivity contribution in [2.45, 2.75) is 18.4 Å². The van der Waals surface area contributed by atoms with Crippen molar-refractivity contribution < 1.29 is 13.2 Å². The number of nitrogens with zero attached hydrogens (tertiary/aromatic N) is 1. The summed E-state index contributed by atoms with van der Waals surface area (Å²) in [7, 11) is 1.50. The number of rotatable bonds is 4. The molecular formula is C14H13ClN2O3S. The van der Waals surface area contributed by atoms with Crippen LogP contribution in [0.25, 0.3) is 0 Å². The second-order valence-electron chi connectivity index (χ2n) is 4.43. The molecule has 0 unspecified atom stereocenters. The monoisotopic (exact) mass is 324 g/mol. The van der Waals surface area contributed by atoms with E-state index in [4.69, 9.17) is 10.7 Å². The van der Waals surface area contributed by atoms with Crippen molar-refractivity contribution in [2.75, 3.05) is 0 Å². The summed E-state index contributed by atoms with van der Waals surface area (Å²) < 4.78 is 22.2. The Morgan fingerprint density at radius 1 is 1.19 bits per heavy atom. The molecule has 0 saturated heterocycles. The van der Waals surface area contributed by atoms with E-state index in [0.717, 1.165) is 11.3 Å². The van der Waals surface area contributed by atoms with Crippen LogP contribution in [-0.2, 0) is 15.6 Å². The second-order valence-corrected chi connectivity index (χ2v) is 6.99. The number of nitrogens with one attached hydrogen (secondary N) is 1. The van der Waals surface area contributed by atoms with Gasteiger partial charge in [0, 0.05) is 22.9 Å². The average Bonchev–Trinajstić information content (AvgIpc) is 2.44. The molecule has 1 amide bonds. The van der Waals surface area contributed by atoms with E-state index in [9.17, 15) is 13.2 Å². The van der Waals surface area contributed by atoms with Crippen molar-refractivity contribution >= 4 is 25.6 Å². The van der Waals surface area contributed by atoms with Crippen LogP contribution in [-0.4, -0.2) is 19.3 Å². The van der Waals surface area contributed by atoms with Gasteiger partial charge in [-0.2, -0.15) is 0 Å². The van der Waals surface area contributed by atoms with E-state index in [2.05, 4.69) is 10.3 Å². The van der Waals surface area contributed by atoms with Crippen LogP contribution in [0, 0.1) is 6.92 Å². The van der Waals surface area contributed by atoms with Crippen molar-refractivity contribution in [1.82, 2.24) is 10.3 Å². The van der Waals surface area contributed by atoms with Crippen LogP contribution in [0.2, 0.25) is 0 Å². The Bertz CT molecular complexity index is 758. The largest absolute Gasteiger partial charge is 0.347 e. The lowest BCUT2D eigenvalue weighted by Crippen LogP contribution is -2.23. The summed E-state index contributed by atoms with van der Waals surface area (Å²) in [4.78, 5) is 16.1. The zero-order valence-electron chi connectivity index (χ0n) is 11.2. The number of amides is 1. The minimum atomic E-state index is -3.72. The Hall–Kier alpha value is -1.92. The molecule has 1 heterocycles. The maximum atomic E-state index is 11.9. The molecule has 7 heteroatoms. The van der Waals surface area contributed by atoms with Gasteiger partial charge < -0.3 is 5.32 Å². The van der Waals surface area contributed by atoms with Crippen LogP contribution in [0.4, 0.5) is 0 Å². The number of hydrogen-bond donors (Lipinski definition) is 1. The molecule has 0 fully saturated rings. The van der Waals surface area contributed by atoms with Crippen molar-refractivity contribution in [1.29, 1.82) is 0 Å². The summed E-state index contributed by atoms with van der Waals surface area (Å²) in [6.45, 7) is 2.08. The predicted molar refractivity (Wildman–Crippen MR) is 79.6 cm³/mol. The minimum Gasteiger partial charge on any atom is -0.347 e.